The van der Waals surface area contributed by atoms with Crippen molar-refractivity contribution in [2.45, 2.75) is 61.6 Å². The Morgan fingerprint density at radius 1 is 1.21 bits per heavy atom. The van der Waals surface area contributed by atoms with E-state index in [1.54, 1.807) is 5.32 Å². The van der Waals surface area contributed by atoms with E-state index in [-0.39, 0.29) is 41.3 Å². The molecule has 1 aromatic carbocycles. The van der Waals surface area contributed by atoms with Gasteiger partial charge < -0.3 is 9.73 Å². The molecule has 15 heteroatoms. The van der Waals surface area contributed by atoms with Crippen molar-refractivity contribution < 1.29 is 44.0 Å². The molecule has 180 valence electrons. The Balaban J connectivity index is 1.67. The number of nitrogens with one attached hydrogen (secondary N) is 1. The number of fused-ring (bicyclic) bond motifs is 1. The minimum absolute atomic E-state index is 0.00935. The zero-order valence-electron chi connectivity index (χ0n) is 16.5. The van der Waals surface area contributed by atoms with E-state index in [1.165, 1.54) is 12.1 Å². The number of sulfonamides is 1. The lowest BCUT2D eigenvalue weighted by Crippen LogP contribution is -2.62. The van der Waals surface area contributed by atoms with Gasteiger partial charge in [-0.2, -0.15) is 21.9 Å². The summed E-state index contributed by atoms with van der Waals surface area (Å²) in [6.07, 6.45) is -7.47. The van der Waals surface area contributed by atoms with Gasteiger partial charge in [-0.1, -0.05) is 6.07 Å². The Morgan fingerprint density at radius 3 is 2.58 bits per heavy atom. The fourth-order valence-electron chi connectivity index (χ4n) is 4.05. The van der Waals surface area contributed by atoms with Crippen LogP contribution in [0.3, 0.4) is 0 Å². The molecule has 0 bridgehead atoms. The van der Waals surface area contributed by atoms with E-state index in [2.05, 4.69) is 10.2 Å². The predicted molar refractivity (Wildman–Crippen MR) is 97.9 cm³/mol. The van der Waals surface area contributed by atoms with Gasteiger partial charge in [0.1, 0.15) is 6.04 Å². The van der Waals surface area contributed by atoms with Gasteiger partial charge in [-0.25, -0.2) is 17.2 Å². The quantitative estimate of drug-likeness (QED) is 0.636. The molecule has 1 fully saturated rings. The van der Waals surface area contributed by atoms with Gasteiger partial charge in [-0.3, -0.25) is 4.79 Å². The highest BCUT2D eigenvalue weighted by molar-refractivity contribution is 7.89. The average Bonchev–Trinajstić information content (AvgIpc) is 3.32. The number of nitrogens with zero attached hydrogens (tertiary/aromatic N) is 3. The summed E-state index contributed by atoms with van der Waals surface area (Å²) < 4.78 is 112. The van der Waals surface area contributed by atoms with Crippen LogP contribution in [0.1, 0.15) is 37.1 Å². The van der Waals surface area contributed by atoms with Crippen LogP contribution >= 0.6 is 0 Å². The maximum atomic E-state index is 14.6. The molecule has 0 unspecified atom stereocenters. The molecule has 2 heterocycles. The van der Waals surface area contributed by atoms with Crippen molar-refractivity contribution in [3.8, 4) is 11.5 Å². The third-order valence-electron chi connectivity index (χ3n) is 5.57. The number of halogens is 6. The number of aromatic nitrogens is 2. The zero-order chi connectivity index (χ0) is 24.1. The number of benzene rings is 1. The molecule has 1 aliphatic heterocycles. The monoisotopic (exact) mass is 498 g/mol. The van der Waals surface area contributed by atoms with Crippen LogP contribution < -0.4 is 5.32 Å². The molecule has 0 spiro atoms. The lowest BCUT2D eigenvalue weighted by Gasteiger charge is -2.41. The Kier molecular flexibility index (Phi) is 5.88. The van der Waals surface area contributed by atoms with Crippen LogP contribution in [0, 0.1) is 0 Å². The fraction of sp³-hybridized carbons (Fsp3) is 0.500. The highest BCUT2D eigenvalue weighted by Crippen LogP contribution is 2.42. The Bertz CT molecular complexity index is 1170. The number of hydrogen-bond donors (Lipinski definition) is 1. The molecule has 1 amide bonds. The van der Waals surface area contributed by atoms with E-state index in [4.69, 9.17) is 4.42 Å². The molecule has 2 atom stereocenters. The van der Waals surface area contributed by atoms with E-state index >= 15 is 0 Å². The molecule has 2 aliphatic rings. The first-order chi connectivity index (χ1) is 15.4. The second-order valence-corrected chi connectivity index (χ2v) is 9.49. The molecule has 2 aromatic rings. The number of alkyl halides is 6. The summed E-state index contributed by atoms with van der Waals surface area (Å²) in [6.45, 7) is -0.341. The van der Waals surface area contributed by atoms with Crippen molar-refractivity contribution in [3.63, 3.8) is 0 Å². The van der Waals surface area contributed by atoms with Crippen molar-refractivity contribution in [2.24, 2.45) is 0 Å². The number of hydrogen-bond acceptors (Lipinski definition) is 6. The van der Waals surface area contributed by atoms with Crippen molar-refractivity contribution in [1.82, 2.24) is 19.8 Å². The zero-order valence-corrected chi connectivity index (χ0v) is 17.3. The number of amides is 1. The van der Waals surface area contributed by atoms with E-state index in [0.717, 1.165) is 10.4 Å². The first-order valence-electron chi connectivity index (χ1n) is 9.65. The van der Waals surface area contributed by atoms with Gasteiger partial charge >= 0.3 is 12.9 Å². The van der Waals surface area contributed by atoms with Gasteiger partial charge in [0.15, 0.2) is 0 Å². The standard InChI is InChI=1S/C18H16F6N4O4S/c19-13(20)15(29)25-12-10(2-1-5-18(12,23)24)28-7-9-4-3-8(6-11(9)33(28,30)31)16-26-27-17(32-16)14(21)22/h3-4,6,10,12-14H,1-2,5,7H2,(H,25,29)/t10-,12+/m1/s1. The highest BCUT2D eigenvalue weighted by atomic mass is 32.2. The topological polar surface area (TPSA) is 105 Å². The minimum atomic E-state index is -4.40. The molecule has 1 saturated carbocycles. The average molecular weight is 498 g/mol. The van der Waals surface area contributed by atoms with Gasteiger partial charge in [-0.05, 0) is 30.5 Å². The molecule has 33 heavy (non-hydrogen) atoms. The van der Waals surface area contributed by atoms with Crippen LogP contribution in [0.5, 0.6) is 0 Å². The Hall–Kier alpha value is -2.68. The summed E-state index contributed by atoms with van der Waals surface area (Å²) in [5.41, 5.74) is 0.218. The molecule has 0 saturated heterocycles. The van der Waals surface area contributed by atoms with Gasteiger partial charge in [0, 0.05) is 18.5 Å². The summed E-state index contributed by atoms with van der Waals surface area (Å²) >= 11 is 0. The van der Waals surface area contributed by atoms with E-state index in [0.29, 0.717) is 0 Å². The molecule has 1 aliphatic carbocycles. The van der Waals surface area contributed by atoms with Crippen LogP contribution in [0.25, 0.3) is 11.5 Å². The summed E-state index contributed by atoms with van der Waals surface area (Å²) in [4.78, 5) is 11.1. The summed E-state index contributed by atoms with van der Waals surface area (Å²) in [5.74, 6) is -6.86. The molecule has 0 radical (unpaired) electrons. The molecule has 4 rings (SSSR count). The Labute approximate surface area is 183 Å². The van der Waals surface area contributed by atoms with Gasteiger partial charge in [0.25, 0.3) is 17.7 Å². The molecular weight excluding hydrogens is 482 g/mol. The van der Waals surface area contributed by atoms with Crippen molar-refractivity contribution in [3.05, 3.63) is 29.7 Å². The molecular formula is C18H16F6N4O4S. The minimum Gasteiger partial charge on any atom is -0.415 e. The smallest absolute Gasteiger partial charge is 0.315 e. The maximum absolute atomic E-state index is 14.6. The fourth-order valence-corrected chi connectivity index (χ4v) is 5.94. The van der Waals surface area contributed by atoms with Crippen LogP contribution in [0.4, 0.5) is 26.3 Å². The van der Waals surface area contributed by atoms with Crippen molar-refractivity contribution in [1.29, 1.82) is 0 Å². The van der Waals surface area contributed by atoms with Crippen LogP contribution in [-0.4, -0.2) is 53.3 Å². The number of carbonyl (C=O) groups excluding carboxylic acids is 1. The third-order valence-corrected chi connectivity index (χ3v) is 7.52. The normalized spacial score (nSPS) is 24.2. The van der Waals surface area contributed by atoms with Crippen LogP contribution in [0.2, 0.25) is 0 Å². The van der Waals surface area contributed by atoms with Crippen molar-refractivity contribution in [2.75, 3.05) is 0 Å². The summed E-state index contributed by atoms with van der Waals surface area (Å²) in [7, 11) is -4.40. The van der Waals surface area contributed by atoms with Crippen LogP contribution in [-0.2, 0) is 21.4 Å². The van der Waals surface area contributed by atoms with Gasteiger partial charge in [-0.15, -0.1) is 10.2 Å². The summed E-state index contributed by atoms with van der Waals surface area (Å²) in [6, 6.07) is 0.127. The second-order valence-electron chi connectivity index (χ2n) is 7.63. The maximum Gasteiger partial charge on any atom is 0.315 e. The first kappa shape index (κ1) is 23.5. The first-order valence-corrected chi connectivity index (χ1v) is 11.1. The highest BCUT2D eigenvalue weighted by Gasteiger charge is 2.54. The number of rotatable bonds is 5. The third kappa shape index (κ3) is 4.18. The SMILES string of the molecule is O=C(N[C@H]1[C@H](N2Cc3ccc(-c4nnc(C(F)F)o4)cc3S2(=O)=O)CCCC1(F)F)C(F)F. The van der Waals surface area contributed by atoms with Gasteiger partial charge in [0.05, 0.1) is 10.9 Å². The van der Waals surface area contributed by atoms with E-state index in [9.17, 15) is 39.6 Å². The Morgan fingerprint density at radius 2 is 1.94 bits per heavy atom. The lowest BCUT2D eigenvalue weighted by molar-refractivity contribution is -0.140. The van der Waals surface area contributed by atoms with Gasteiger partial charge in [0.2, 0.25) is 15.9 Å². The van der Waals surface area contributed by atoms with E-state index < -0.39 is 59.1 Å². The molecule has 1 N–H and O–H groups in total. The largest absolute Gasteiger partial charge is 0.415 e. The molecule has 1 aromatic heterocycles. The van der Waals surface area contributed by atoms with Crippen LogP contribution in [0.15, 0.2) is 27.5 Å². The van der Waals surface area contributed by atoms with Crippen molar-refractivity contribution >= 4 is 15.9 Å². The number of carbonyl (C=O) groups is 1. The second kappa shape index (κ2) is 8.27. The summed E-state index contributed by atoms with van der Waals surface area (Å²) in [5, 5.41) is 8.22. The predicted octanol–water partition coefficient (Wildman–Crippen LogP) is 3.12. The van der Waals surface area contributed by atoms with E-state index in [1.807, 2.05) is 0 Å². The lowest BCUT2D eigenvalue weighted by atomic mass is 9.86. The molecule has 8 nitrogen and oxygen atoms in total.